The van der Waals surface area contributed by atoms with Gasteiger partial charge in [0.15, 0.2) is 11.6 Å². The molecule has 0 fully saturated rings. The van der Waals surface area contributed by atoms with Crippen LogP contribution in [0.25, 0.3) is 34.2 Å². The molecule has 6 heterocycles. The van der Waals surface area contributed by atoms with E-state index in [0.29, 0.717) is 23.0 Å². The number of aromatic nitrogens is 8. The lowest BCUT2D eigenvalue weighted by molar-refractivity contribution is 0.558. The summed E-state index contributed by atoms with van der Waals surface area (Å²) in [5.41, 5.74) is 7.04. The van der Waals surface area contributed by atoms with Gasteiger partial charge in [-0.25, -0.2) is 19.3 Å². The van der Waals surface area contributed by atoms with Crippen LogP contribution >= 0.6 is 0 Å². The smallest absolute Gasteiger partial charge is 0.153 e. The van der Waals surface area contributed by atoms with Crippen LogP contribution in [0.4, 0.5) is 0 Å². The molecule has 0 saturated carbocycles. The highest BCUT2D eigenvalue weighted by molar-refractivity contribution is 5.64. The van der Waals surface area contributed by atoms with Crippen molar-refractivity contribution in [1.82, 2.24) is 39.5 Å². The summed E-state index contributed by atoms with van der Waals surface area (Å²) in [6.07, 6.45) is 3.95. The highest BCUT2D eigenvalue weighted by Crippen LogP contribution is 2.43. The van der Waals surface area contributed by atoms with Crippen LogP contribution in [0.15, 0.2) is 158 Å². The van der Waals surface area contributed by atoms with Crippen LogP contribution in [0.2, 0.25) is 0 Å². The van der Waals surface area contributed by atoms with Gasteiger partial charge in [0.2, 0.25) is 0 Å². The number of hydrogen-bond donors (Lipinski definition) is 0. The normalized spacial score (nSPS) is 12.2. The largest absolute Gasteiger partial charge is 0.251 e. The molecule has 0 unspecified atom stereocenters. The van der Waals surface area contributed by atoms with E-state index in [4.69, 9.17) is 30.1 Å². The molecule has 0 aliphatic rings. The van der Waals surface area contributed by atoms with Crippen molar-refractivity contribution in [3.63, 3.8) is 0 Å². The van der Waals surface area contributed by atoms with Gasteiger partial charge in [-0.2, -0.15) is 10.2 Å². The van der Waals surface area contributed by atoms with Gasteiger partial charge >= 0.3 is 0 Å². The van der Waals surface area contributed by atoms with Crippen molar-refractivity contribution in [3.05, 3.63) is 192 Å². The van der Waals surface area contributed by atoms with Gasteiger partial charge in [-0.15, -0.1) is 0 Å². The molecule has 0 aliphatic heterocycles. The summed E-state index contributed by atoms with van der Waals surface area (Å²) >= 11 is 0. The topological polar surface area (TPSA) is 87.2 Å². The lowest BCUT2D eigenvalue weighted by Gasteiger charge is -2.33. The average molecular weight is 721 g/mol. The summed E-state index contributed by atoms with van der Waals surface area (Å²) in [5, 5.41) is 9.94. The molecular formula is C47H44N8. The quantitative estimate of drug-likeness (QED) is 0.155. The molecule has 8 nitrogen and oxygen atoms in total. The van der Waals surface area contributed by atoms with Crippen molar-refractivity contribution in [2.24, 2.45) is 0 Å². The second kappa shape index (κ2) is 14.0. The molecule has 2 aromatic carbocycles. The first-order valence-corrected chi connectivity index (χ1v) is 18.6. The number of benzene rings is 2. The Morgan fingerprint density at radius 3 is 1.07 bits per heavy atom. The van der Waals surface area contributed by atoms with Crippen molar-refractivity contribution in [3.8, 4) is 34.2 Å². The Labute approximate surface area is 322 Å². The number of hydrogen-bond acceptors (Lipinski definition) is 6. The number of rotatable bonds is 8. The summed E-state index contributed by atoms with van der Waals surface area (Å²) < 4.78 is 3.69. The molecule has 8 rings (SSSR count). The minimum Gasteiger partial charge on any atom is -0.251 e. The van der Waals surface area contributed by atoms with Gasteiger partial charge in [0, 0.05) is 34.4 Å². The first kappa shape index (κ1) is 35.5. The number of pyridine rings is 4. The zero-order valence-corrected chi connectivity index (χ0v) is 32.1. The second-order valence-corrected chi connectivity index (χ2v) is 15.9. The minimum absolute atomic E-state index is 0.125. The molecule has 272 valence electrons. The molecular weight excluding hydrogens is 677 g/mol. The van der Waals surface area contributed by atoms with Gasteiger partial charge < -0.3 is 0 Å². The monoisotopic (exact) mass is 720 g/mol. The van der Waals surface area contributed by atoms with E-state index >= 15 is 0 Å². The van der Waals surface area contributed by atoms with Crippen LogP contribution < -0.4 is 0 Å². The van der Waals surface area contributed by atoms with Crippen molar-refractivity contribution in [2.75, 3.05) is 0 Å². The summed E-state index contributed by atoms with van der Waals surface area (Å²) in [7, 11) is 0. The maximum Gasteiger partial charge on any atom is 0.153 e. The lowest BCUT2D eigenvalue weighted by atomic mass is 9.73. The highest BCUT2D eigenvalue weighted by atomic mass is 15.3. The van der Waals surface area contributed by atoms with Crippen LogP contribution in [0.5, 0.6) is 0 Å². The minimum atomic E-state index is -1.19. The first-order chi connectivity index (χ1) is 26.5. The Kier molecular flexibility index (Phi) is 9.05. The van der Waals surface area contributed by atoms with Gasteiger partial charge in [0.05, 0.1) is 45.6 Å². The van der Waals surface area contributed by atoms with Crippen molar-refractivity contribution < 1.29 is 0 Å². The molecule has 0 N–H and O–H groups in total. The van der Waals surface area contributed by atoms with Gasteiger partial charge in [-0.1, -0.05) is 126 Å². The van der Waals surface area contributed by atoms with E-state index in [-0.39, 0.29) is 10.8 Å². The summed E-state index contributed by atoms with van der Waals surface area (Å²) in [4.78, 5) is 21.8. The summed E-state index contributed by atoms with van der Waals surface area (Å²) in [6.45, 7) is 13.0. The molecule has 0 atom stereocenters. The summed E-state index contributed by atoms with van der Waals surface area (Å²) in [6, 6.07) is 49.0. The molecule has 8 heteroatoms. The van der Waals surface area contributed by atoms with Crippen LogP contribution in [-0.4, -0.2) is 39.5 Å². The fourth-order valence-electron chi connectivity index (χ4n) is 6.84. The predicted octanol–water partition coefficient (Wildman–Crippen LogP) is 9.95. The molecule has 0 saturated heterocycles. The Morgan fingerprint density at radius 1 is 0.345 bits per heavy atom. The van der Waals surface area contributed by atoms with Crippen molar-refractivity contribution >= 4 is 0 Å². The van der Waals surface area contributed by atoms with Crippen LogP contribution in [0, 0.1) is 0 Å². The fourth-order valence-corrected chi connectivity index (χ4v) is 6.84. The highest BCUT2D eigenvalue weighted by Gasteiger charge is 2.45. The Morgan fingerprint density at radius 2 is 0.709 bits per heavy atom. The van der Waals surface area contributed by atoms with Gasteiger partial charge in [0.1, 0.15) is 5.41 Å². The van der Waals surface area contributed by atoms with Gasteiger partial charge in [-0.05, 0) is 60.7 Å². The van der Waals surface area contributed by atoms with Crippen LogP contribution in [0.3, 0.4) is 0 Å². The lowest BCUT2D eigenvalue weighted by Crippen LogP contribution is -2.36. The Bertz CT molecular complexity index is 2390. The third-order valence-electron chi connectivity index (χ3n) is 9.83. The zero-order chi connectivity index (χ0) is 38.2. The van der Waals surface area contributed by atoms with E-state index in [1.807, 2.05) is 107 Å². The van der Waals surface area contributed by atoms with Crippen LogP contribution in [0.1, 0.15) is 75.7 Å². The van der Waals surface area contributed by atoms with E-state index in [9.17, 15) is 0 Å². The maximum absolute atomic E-state index is 5.46. The van der Waals surface area contributed by atoms with E-state index in [2.05, 4.69) is 102 Å². The molecule has 6 aromatic heterocycles. The van der Waals surface area contributed by atoms with E-state index < -0.39 is 5.41 Å². The fraction of sp³-hybridized carbons (Fsp3) is 0.191. The van der Waals surface area contributed by atoms with Gasteiger partial charge in [0.25, 0.3) is 0 Å². The van der Waals surface area contributed by atoms with E-state index in [0.717, 1.165) is 45.3 Å². The molecule has 0 radical (unpaired) electrons. The molecule has 8 aromatic rings. The molecule has 55 heavy (non-hydrogen) atoms. The standard InChI is InChI=1S/C47H44N8/c1-45(2,3)37-29-31-54(52-37)43-27-15-25-41(50-43)47(39-23-13-21-35(48-39)33-17-9-7-10-18-33,40-24-14-22-36(49-40)34-19-11-8-12-20-34)42-26-16-28-44(51-42)55-32-30-38(53-55)46(4,5)6/h7-32H,1-6H3. The van der Waals surface area contributed by atoms with E-state index in [1.165, 1.54) is 0 Å². The molecule has 0 amide bonds. The van der Waals surface area contributed by atoms with Crippen LogP contribution in [-0.2, 0) is 16.2 Å². The SMILES string of the molecule is CC(C)(C)c1ccn(-c2cccc(C(c3cccc(-c4ccccc4)n3)(c3cccc(-c4ccccc4)n3)c3cccc(-n4ccc(C(C)(C)C)n4)n3)n2)n1. The zero-order valence-electron chi connectivity index (χ0n) is 32.1. The average Bonchev–Trinajstić information content (AvgIpc) is 3.92. The molecule has 0 bridgehead atoms. The van der Waals surface area contributed by atoms with Crippen molar-refractivity contribution in [2.45, 2.75) is 57.8 Å². The molecule has 0 aliphatic carbocycles. The second-order valence-electron chi connectivity index (χ2n) is 15.9. The Hall–Kier alpha value is -6.54. The summed E-state index contributed by atoms with van der Waals surface area (Å²) in [5.74, 6) is 1.35. The third kappa shape index (κ3) is 6.87. The molecule has 0 spiro atoms. The van der Waals surface area contributed by atoms with E-state index in [1.54, 1.807) is 0 Å². The number of nitrogens with zero attached hydrogens (tertiary/aromatic N) is 8. The van der Waals surface area contributed by atoms with Crippen molar-refractivity contribution in [1.29, 1.82) is 0 Å². The first-order valence-electron chi connectivity index (χ1n) is 18.6. The Balaban J connectivity index is 1.44. The predicted molar refractivity (Wildman–Crippen MR) is 218 cm³/mol. The maximum atomic E-state index is 5.46. The van der Waals surface area contributed by atoms with Gasteiger partial charge in [-0.3, -0.25) is 9.97 Å². The third-order valence-corrected chi connectivity index (χ3v) is 9.83.